The minimum absolute atomic E-state index is 0.122. The first-order valence-electron chi connectivity index (χ1n) is 11.7. The molecule has 6 nitrogen and oxygen atoms in total. The van der Waals surface area contributed by atoms with E-state index < -0.39 is 10.0 Å². The lowest BCUT2D eigenvalue weighted by molar-refractivity contribution is -0.137. The maximum atomic E-state index is 13.1. The molecule has 2 fully saturated rings. The molecule has 0 spiro atoms. The summed E-state index contributed by atoms with van der Waals surface area (Å²) >= 11 is 12.0. The highest BCUT2D eigenvalue weighted by Crippen LogP contribution is 2.28. The Hall–Kier alpha value is -1.80. The summed E-state index contributed by atoms with van der Waals surface area (Å²) in [7, 11) is -3.49. The average molecular weight is 525 g/mol. The quantitative estimate of drug-likeness (QED) is 0.578. The topological polar surface area (TPSA) is 60.9 Å². The van der Waals surface area contributed by atoms with E-state index in [1.54, 1.807) is 18.2 Å². The number of piperazine rings is 1. The molecule has 0 unspecified atom stereocenters. The number of hydrogen-bond acceptors (Lipinski definition) is 4. The van der Waals surface area contributed by atoms with Crippen LogP contribution in [0.4, 0.5) is 5.69 Å². The van der Waals surface area contributed by atoms with Crippen molar-refractivity contribution in [3.63, 3.8) is 0 Å². The molecular formula is C25H31Cl2N3O3S. The second kappa shape index (κ2) is 10.4. The van der Waals surface area contributed by atoms with Crippen LogP contribution in [-0.4, -0.2) is 62.8 Å². The molecule has 0 aromatic heterocycles. The third-order valence-electron chi connectivity index (χ3n) is 7.04. The molecule has 4 rings (SSSR count). The van der Waals surface area contributed by atoms with E-state index in [0.29, 0.717) is 54.6 Å². The van der Waals surface area contributed by atoms with Crippen LogP contribution < -0.4 is 4.90 Å². The first-order chi connectivity index (χ1) is 16.2. The number of nitrogens with zero attached hydrogens (tertiary/aromatic N) is 3. The van der Waals surface area contributed by atoms with E-state index in [1.165, 1.54) is 21.1 Å². The number of benzene rings is 2. The number of hydrogen-bond donors (Lipinski definition) is 0. The zero-order valence-corrected chi connectivity index (χ0v) is 22.0. The van der Waals surface area contributed by atoms with Gasteiger partial charge < -0.3 is 9.80 Å². The predicted octanol–water partition coefficient (Wildman–Crippen LogP) is 4.50. The third kappa shape index (κ3) is 5.54. The van der Waals surface area contributed by atoms with Gasteiger partial charge in [0.15, 0.2) is 0 Å². The van der Waals surface area contributed by atoms with Crippen molar-refractivity contribution < 1.29 is 13.2 Å². The molecule has 34 heavy (non-hydrogen) atoms. The van der Waals surface area contributed by atoms with Crippen LogP contribution in [0.3, 0.4) is 0 Å². The minimum Gasteiger partial charge on any atom is -0.368 e. The Balaban J connectivity index is 1.30. The van der Waals surface area contributed by atoms with Crippen LogP contribution in [0.25, 0.3) is 0 Å². The molecule has 0 aliphatic carbocycles. The van der Waals surface area contributed by atoms with Crippen molar-refractivity contribution >= 4 is 44.8 Å². The maximum Gasteiger partial charge on any atom is 0.225 e. The van der Waals surface area contributed by atoms with E-state index in [9.17, 15) is 13.2 Å². The standard InChI is InChI=1S/C25H31Cl2N3O3S/c1-18-4-3-5-24(19(18)2)28-12-14-29(15-13-28)25(31)21-8-10-30(11-9-21)34(32,33)17-20-6-7-22(26)23(27)16-20/h3-7,16,21H,8-15,17H2,1-2H3. The highest BCUT2D eigenvalue weighted by atomic mass is 35.5. The average Bonchev–Trinajstić information content (AvgIpc) is 2.83. The zero-order valence-electron chi connectivity index (χ0n) is 19.6. The zero-order chi connectivity index (χ0) is 24.5. The van der Waals surface area contributed by atoms with Gasteiger partial charge in [-0.3, -0.25) is 4.79 Å². The molecule has 0 bridgehead atoms. The number of aryl methyl sites for hydroxylation is 1. The molecule has 2 aromatic rings. The van der Waals surface area contributed by atoms with E-state index in [-0.39, 0.29) is 17.6 Å². The fourth-order valence-corrected chi connectivity index (χ4v) is 6.69. The summed E-state index contributed by atoms with van der Waals surface area (Å²) in [5.74, 6) is -0.0890. The number of rotatable bonds is 5. The fourth-order valence-electron chi connectivity index (χ4n) is 4.82. The van der Waals surface area contributed by atoms with Crippen LogP contribution in [0.2, 0.25) is 10.0 Å². The lowest BCUT2D eigenvalue weighted by atomic mass is 9.96. The Bertz CT molecular complexity index is 1160. The van der Waals surface area contributed by atoms with E-state index in [0.717, 1.165) is 13.1 Å². The highest BCUT2D eigenvalue weighted by molar-refractivity contribution is 7.88. The highest BCUT2D eigenvalue weighted by Gasteiger charge is 2.34. The molecule has 184 valence electrons. The van der Waals surface area contributed by atoms with Gasteiger partial charge >= 0.3 is 0 Å². The van der Waals surface area contributed by atoms with Gasteiger partial charge in [0.05, 0.1) is 15.8 Å². The number of anilines is 1. The lowest BCUT2D eigenvalue weighted by Crippen LogP contribution is -2.52. The number of piperidine rings is 1. The van der Waals surface area contributed by atoms with Crippen LogP contribution in [0.15, 0.2) is 36.4 Å². The summed E-state index contributed by atoms with van der Waals surface area (Å²) in [4.78, 5) is 17.4. The van der Waals surface area contributed by atoms with Gasteiger partial charge in [0.2, 0.25) is 15.9 Å². The summed E-state index contributed by atoms with van der Waals surface area (Å²) in [6, 6.07) is 11.2. The van der Waals surface area contributed by atoms with Crippen LogP contribution in [0, 0.1) is 19.8 Å². The largest absolute Gasteiger partial charge is 0.368 e. The van der Waals surface area contributed by atoms with Gasteiger partial charge in [-0.05, 0) is 61.6 Å². The van der Waals surface area contributed by atoms with Gasteiger partial charge in [-0.25, -0.2) is 12.7 Å². The second-order valence-corrected chi connectivity index (χ2v) is 12.0. The van der Waals surface area contributed by atoms with E-state index in [4.69, 9.17) is 23.2 Å². The van der Waals surface area contributed by atoms with Crippen molar-refractivity contribution in [2.24, 2.45) is 5.92 Å². The van der Waals surface area contributed by atoms with Crippen LogP contribution >= 0.6 is 23.2 Å². The van der Waals surface area contributed by atoms with Gasteiger partial charge in [-0.15, -0.1) is 0 Å². The predicted molar refractivity (Wildman–Crippen MR) is 138 cm³/mol. The van der Waals surface area contributed by atoms with Crippen molar-refractivity contribution in [1.82, 2.24) is 9.21 Å². The molecule has 2 heterocycles. The van der Waals surface area contributed by atoms with E-state index in [1.807, 2.05) is 4.90 Å². The monoisotopic (exact) mass is 523 g/mol. The molecule has 2 aliphatic rings. The third-order valence-corrected chi connectivity index (χ3v) is 9.63. The molecule has 2 aliphatic heterocycles. The van der Waals surface area contributed by atoms with Gasteiger partial charge in [-0.2, -0.15) is 0 Å². The lowest BCUT2D eigenvalue weighted by Gasteiger charge is -2.39. The van der Waals surface area contributed by atoms with Gasteiger partial charge in [0.25, 0.3) is 0 Å². The Kier molecular flexibility index (Phi) is 7.77. The number of carbonyl (C=O) groups excluding carboxylic acids is 1. The maximum absolute atomic E-state index is 13.1. The number of sulfonamides is 1. The SMILES string of the molecule is Cc1cccc(N2CCN(C(=O)C3CCN(S(=O)(=O)Cc4ccc(Cl)c(Cl)c4)CC3)CC2)c1C. The molecule has 1 amide bonds. The molecular weight excluding hydrogens is 493 g/mol. The number of amides is 1. The van der Waals surface area contributed by atoms with Crippen molar-refractivity contribution in [3.8, 4) is 0 Å². The van der Waals surface area contributed by atoms with Gasteiger partial charge in [0.1, 0.15) is 0 Å². The van der Waals surface area contributed by atoms with E-state index in [2.05, 4.69) is 36.9 Å². The summed E-state index contributed by atoms with van der Waals surface area (Å²) < 4.78 is 27.3. The molecule has 0 saturated carbocycles. The molecule has 0 atom stereocenters. The van der Waals surface area contributed by atoms with Crippen LogP contribution in [0.1, 0.15) is 29.5 Å². The van der Waals surface area contributed by atoms with Crippen molar-refractivity contribution in [2.75, 3.05) is 44.2 Å². The summed E-state index contributed by atoms with van der Waals surface area (Å²) in [5, 5.41) is 0.744. The van der Waals surface area contributed by atoms with Crippen molar-refractivity contribution in [1.29, 1.82) is 0 Å². The molecule has 0 radical (unpaired) electrons. The Labute approximate surface area is 212 Å². The van der Waals surface area contributed by atoms with Gasteiger partial charge in [-0.1, -0.05) is 41.4 Å². The van der Waals surface area contributed by atoms with Crippen molar-refractivity contribution in [2.45, 2.75) is 32.4 Å². The first-order valence-corrected chi connectivity index (χ1v) is 14.0. The summed E-state index contributed by atoms with van der Waals surface area (Å²) in [5.41, 5.74) is 4.41. The van der Waals surface area contributed by atoms with Crippen molar-refractivity contribution in [3.05, 3.63) is 63.1 Å². The molecule has 2 saturated heterocycles. The minimum atomic E-state index is -3.49. The molecule has 9 heteroatoms. The summed E-state index contributed by atoms with van der Waals surface area (Å²) in [6.45, 7) is 8.01. The molecule has 2 aromatic carbocycles. The number of halogens is 2. The smallest absolute Gasteiger partial charge is 0.225 e. The molecule has 0 N–H and O–H groups in total. The van der Waals surface area contributed by atoms with Crippen LogP contribution in [0.5, 0.6) is 0 Å². The Morgan fingerprint density at radius 1 is 0.941 bits per heavy atom. The summed E-state index contributed by atoms with van der Waals surface area (Å²) in [6.07, 6.45) is 1.10. The number of carbonyl (C=O) groups is 1. The second-order valence-electron chi connectivity index (χ2n) is 9.21. The van der Waals surface area contributed by atoms with Gasteiger partial charge in [0, 0.05) is 50.9 Å². The van der Waals surface area contributed by atoms with Crippen LogP contribution in [-0.2, 0) is 20.6 Å². The Morgan fingerprint density at radius 2 is 1.62 bits per heavy atom. The fraction of sp³-hybridized carbons (Fsp3) is 0.480. The Morgan fingerprint density at radius 3 is 2.26 bits per heavy atom. The normalized spacial score (nSPS) is 18.4. The first kappa shape index (κ1) is 25.3. The van der Waals surface area contributed by atoms with E-state index >= 15 is 0 Å².